The second kappa shape index (κ2) is 5.72. The van der Waals surface area contributed by atoms with Crippen molar-refractivity contribution in [1.29, 1.82) is 0 Å². The minimum Gasteiger partial charge on any atom is -0.324 e. The number of para-hydroxylation sites is 2. The first-order chi connectivity index (χ1) is 11.0. The van der Waals surface area contributed by atoms with Crippen LogP contribution in [0.2, 0.25) is 0 Å². The summed E-state index contributed by atoms with van der Waals surface area (Å²) in [4.78, 5) is 38.3. The molecule has 0 fully saturated rings. The maximum absolute atomic E-state index is 12.9. The van der Waals surface area contributed by atoms with Gasteiger partial charge in [0.25, 0.3) is 11.5 Å². The third-order valence-electron chi connectivity index (χ3n) is 3.95. The molecule has 118 valence electrons. The van der Waals surface area contributed by atoms with Crippen molar-refractivity contribution in [1.82, 2.24) is 4.57 Å². The highest BCUT2D eigenvalue weighted by Crippen LogP contribution is 2.30. The monoisotopic (exact) mass is 311 g/mol. The highest BCUT2D eigenvalue weighted by Gasteiger charge is 2.29. The average molecular weight is 311 g/mol. The van der Waals surface area contributed by atoms with Crippen LogP contribution in [0.1, 0.15) is 17.3 Å². The van der Waals surface area contributed by atoms with Crippen molar-refractivity contribution in [3.8, 4) is 0 Å². The van der Waals surface area contributed by atoms with Crippen molar-refractivity contribution in [2.75, 3.05) is 16.8 Å². The number of amides is 2. The standard InChI is InChI=1S/C17H17N3O3/c1-11-10-20(14-6-4-3-5-13(14)18-16(11)22)17(23)12-7-8-19(2)15(21)9-12/h3-9,11H,10H2,1-2H3,(H,18,22)/t11-/m0/s1. The first kappa shape index (κ1) is 15.0. The molecule has 2 heterocycles. The van der Waals surface area contributed by atoms with Crippen LogP contribution in [0.5, 0.6) is 0 Å². The lowest BCUT2D eigenvalue weighted by molar-refractivity contribution is -0.119. The molecular weight excluding hydrogens is 294 g/mol. The van der Waals surface area contributed by atoms with Crippen LogP contribution < -0.4 is 15.8 Å². The van der Waals surface area contributed by atoms with Gasteiger partial charge in [-0.3, -0.25) is 14.4 Å². The number of anilines is 2. The van der Waals surface area contributed by atoms with E-state index in [1.807, 2.05) is 6.07 Å². The molecule has 1 aliphatic rings. The summed E-state index contributed by atoms with van der Waals surface area (Å²) < 4.78 is 1.40. The van der Waals surface area contributed by atoms with Crippen LogP contribution in [-0.4, -0.2) is 22.9 Å². The van der Waals surface area contributed by atoms with E-state index in [0.29, 0.717) is 16.9 Å². The molecule has 2 aromatic rings. The zero-order chi connectivity index (χ0) is 16.6. The number of carbonyl (C=O) groups is 2. The number of carbonyl (C=O) groups excluding carboxylic acids is 2. The highest BCUT2D eigenvalue weighted by molar-refractivity contribution is 6.10. The molecular formula is C17H17N3O3. The molecule has 6 nitrogen and oxygen atoms in total. The molecule has 0 radical (unpaired) electrons. The number of rotatable bonds is 1. The molecule has 6 heteroatoms. The summed E-state index contributed by atoms with van der Waals surface area (Å²) >= 11 is 0. The second-order valence-corrected chi connectivity index (χ2v) is 5.69. The Morgan fingerprint density at radius 2 is 1.96 bits per heavy atom. The van der Waals surface area contributed by atoms with Crippen molar-refractivity contribution in [2.24, 2.45) is 13.0 Å². The Labute approximate surface area is 133 Å². The van der Waals surface area contributed by atoms with E-state index in [-0.39, 0.29) is 29.8 Å². The molecule has 0 spiro atoms. The van der Waals surface area contributed by atoms with Crippen LogP contribution in [0.3, 0.4) is 0 Å². The molecule has 0 aliphatic carbocycles. The van der Waals surface area contributed by atoms with E-state index in [0.717, 1.165) is 0 Å². The Morgan fingerprint density at radius 1 is 1.22 bits per heavy atom. The molecule has 0 bridgehead atoms. The van der Waals surface area contributed by atoms with Gasteiger partial charge in [-0.25, -0.2) is 0 Å². The quantitative estimate of drug-likeness (QED) is 0.870. The maximum atomic E-state index is 12.9. The van der Waals surface area contributed by atoms with E-state index in [2.05, 4.69) is 5.32 Å². The van der Waals surface area contributed by atoms with Crippen molar-refractivity contribution < 1.29 is 9.59 Å². The molecule has 0 saturated heterocycles. The summed E-state index contributed by atoms with van der Waals surface area (Å²) in [5.41, 5.74) is 1.29. The molecule has 1 N–H and O–H groups in total. The summed E-state index contributed by atoms with van der Waals surface area (Å²) in [5, 5.41) is 2.83. The van der Waals surface area contributed by atoms with E-state index in [4.69, 9.17) is 0 Å². The summed E-state index contributed by atoms with van der Waals surface area (Å²) in [7, 11) is 1.63. The van der Waals surface area contributed by atoms with Crippen molar-refractivity contribution in [2.45, 2.75) is 6.92 Å². The minimum atomic E-state index is -0.349. The minimum absolute atomic E-state index is 0.128. The molecule has 0 saturated carbocycles. The van der Waals surface area contributed by atoms with Crippen LogP contribution in [0.4, 0.5) is 11.4 Å². The van der Waals surface area contributed by atoms with Gasteiger partial charge in [-0.1, -0.05) is 19.1 Å². The Hall–Kier alpha value is -2.89. The molecule has 3 rings (SSSR count). The van der Waals surface area contributed by atoms with Crippen LogP contribution in [0, 0.1) is 5.92 Å². The summed E-state index contributed by atoms with van der Waals surface area (Å²) in [6.45, 7) is 2.03. The topological polar surface area (TPSA) is 71.4 Å². The lowest BCUT2D eigenvalue weighted by atomic mass is 10.1. The highest BCUT2D eigenvalue weighted by atomic mass is 16.2. The SMILES string of the molecule is C[C@H]1CN(C(=O)c2ccn(C)c(=O)c2)c2ccccc2NC1=O. The average Bonchev–Trinajstić information content (AvgIpc) is 2.66. The molecule has 1 aliphatic heterocycles. The van der Waals surface area contributed by atoms with Gasteiger partial charge in [0.1, 0.15) is 0 Å². The second-order valence-electron chi connectivity index (χ2n) is 5.69. The number of benzene rings is 1. The number of aromatic nitrogens is 1. The molecule has 2 amide bonds. The van der Waals surface area contributed by atoms with Crippen LogP contribution in [0.25, 0.3) is 0 Å². The predicted molar refractivity (Wildman–Crippen MR) is 87.6 cm³/mol. The fraction of sp³-hybridized carbons (Fsp3) is 0.235. The molecule has 1 aromatic heterocycles. The van der Waals surface area contributed by atoms with Gasteiger partial charge < -0.3 is 14.8 Å². The largest absolute Gasteiger partial charge is 0.324 e. The van der Waals surface area contributed by atoms with Gasteiger partial charge in [0.15, 0.2) is 0 Å². The first-order valence-corrected chi connectivity index (χ1v) is 7.36. The van der Waals surface area contributed by atoms with Gasteiger partial charge in [-0.05, 0) is 18.2 Å². The normalized spacial score (nSPS) is 17.2. The number of nitrogens with zero attached hydrogens (tertiary/aromatic N) is 2. The van der Waals surface area contributed by atoms with Crippen LogP contribution in [-0.2, 0) is 11.8 Å². The summed E-state index contributed by atoms with van der Waals surface area (Å²) in [6, 6.07) is 10.1. The fourth-order valence-corrected chi connectivity index (χ4v) is 2.56. The number of hydrogen-bond donors (Lipinski definition) is 1. The molecule has 1 aromatic carbocycles. The summed E-state index contributed by atoms with van der Waals surface area (Å²) in [5.74, 6) is -0.770. The van der Waals surface area contributed by atoms with Gasteiger partial charge in [0, 0.05) is 31.4 Å². The van der Waals surface area contributed by atoms with Crippen LogP contribution in [0.15, 0.2) is 47.4 Å². The van der Waals surface area contributed by atoms with Crippen LogP contribution >= 0.6 is 0 Å². The number of fused-ring (bicyclic) bond motifs is 1. The van der Waals surface area contributed by atoms with Crippen molar-refractivity contribution in [3.05, 3.63) is 58.5 Å². The van der Waals surface area contributed by atoms with E-state index in [1.165, 1.54) is 10.6 Å². The van der Waals surface area contributed by atoms with Gasteiger partial charge in [0.2, 0.25) is 5.91 Å². The van der Waals surface area contributed by atoms with E-state index in [1.54, 1.807) is 49.3 Å². The number of nitrogens with one attached hydrogen (secondary N) is 1. The number of pyridine rings is 1. The molecule has 23 heavy (non-hydrogen) atoms. The lowest BCUT2D eigenvalue weighted by Crippen LogP contribution is -2.36. The van der Waals surface area contributed by atoms with E-state index < -0.39 is 0 Å². The Bertz CT molecular complexity index is 841. The zero-order valence-corrected chi connectivity index (χ0v) is 12.9. The Kier molecular flexibility index (Phi) is 3.73. The first-order valence-electron chi connectivity index (χ1n) is 7.36. The third-order valence-corrected chi connectivity index (χ3v) is 3.95. The van der Waals surface area contributed by atoms with Gasteiger partial charge >= 0.3 is 0 Å². The van der Waals surface area contributed by atoms with Crippen molar-refractivity contribution in [3.63, 3.8) is 0 Å². The third kappa shape index (κ3) is 2.75. The van der Waals surface area contributed by atoms with E-state index >= 15 is 0 Å². The van der Waals surface area contributed by atoms with Gasteiger partial charge in [0.05, 0.1) is 17.3 Å². The summed E-state index contributed by atoms with van der Waals surface area (Å²) in [6.07, 6.45) is 1.56. The molecule has 0 unspecified atom stereocenters. The number of hydrogen-bond acceptors (Lipinski definition) is 3. The maximum Gasteiger partial charge on any atom is 0.258 e. The lowest BCUT2D eigenvalue weighted by Gasteiger charge is -2.23. The smallest absolute Gasteiger partial charge is 0.258 e. The predicted octanol–water partition coefficient (Wildman–Crippen LogP) is 1.62. The Morgan fingerprint density at radius 3 is 2.70 bits per heavy atom. The van der Waals surface area contributed by atoms with Crippen molar-refractivity contribution >= 4 is 23.2 Å². The fourth-order valence-electron chi connectivity index (χ4n) is 2.56. The Balaban J connectivity index is 2.06. The zero-order valence-electron chi connectivity index (χ0n) is 12.9. The van der Waals surface area contributed by atoms with Gasteiger partial charge in [-0.15, -0.1) is 0 Å². The number of aryl methyl sites for hydroxylation is 1. The van der Waals surface area contributed by atoms with Gasteiger partial charge in [-0.2, -0.15) is 0 Å². The molecule has 1 atom stereocenters. The van der Waals surface area contributed by atoms with E-state index in [9.17, 15) is 14.4 Å².